The first kappa shape index (κ1) is 33.2. The van der Waals surface area contributed by atoms with E-state index in [4.69, 9.17) is 0 Å². The van der Waals surface area contributed by atoms with Gasteiger partial charge in [0.25, 0.3) is 0 Å². The highest BCUT2D eigenvalue weighted by molar-refractivity contribution is 7.25. The van der Waals surface area contributed by atoms with E-state index in [2.05, 4.69) is 199 Å². The van der Waals surface area contributed by atoms with Crippen LogP contribution in [0.25, 0.3) is 53.6 Å². The molecule has 0 saturated carbocycles. The monoisotopic (exact) mass is 687 g/mol. The van der Waals surface area contributed by atoms with Crippen molar-refractivity contribution in [3.63, 3.8) is 0 Å². The summed E-state index contributed by atoms with van der Waals surface area (Å²) >= 11 is 1.87. The van der Waals surface area contributed by atoms with Crippen LogP contribution in [0.5, 0.6) is 0 Å². The van der Waals surface area contributed by atoms with Crippen molar-refractivity contribution in [1.29, 1.82) is 0 Å². The van der Waals surface area contributed by atoms with Crippen LogP contribution in [0.4, 0.5) is 17.1 Å². The highest BCUT2D eigenvalue weighted by Crippen LogP contribution is 2.46. The van der Waals surface area contributed by atoms with E-state index >= 15 is 0 Å². The molecule has 0 radical (unpaired) electrons. The Hall–Kier alpha value is -5.96. The van der Waals surface area contributed by atoms with Crippen LogP contribution in [0.1, 0.15) is 31.7 Å². The summed E-state index contributed by atoms with van der Waals surface area (Å²) in [5.41, 5.74) is 12.1. The highest BCUT2D eigenvalue weighted by atomic mass is 32.1. The normalized spacial score (nSPS) is 13.5. The van der Waals surface area contributed by atoms with E-state index in [1.807, 2.05) is 25.2 Å². The lowest BCUT2D eigenvalue weighted by Gasteiger charge is -2.28. The average Bonchev–Trinajstić information content (AvgIpc) is 3.60. The molecule has 0 saturated heterocycles. The second kappa shape index (κ2) is 15.1. The number of anilines is 3. The summed E-state index contributed by atoms with van der Waals surface area (Å²) in [4.78, 5) is 2.42. The van der Waals surface area contributed by atoms with Gasteiger partial charge in [-0.05, 0) is 82.3 Å². The van der Waals surface area contributed by atoms with Crippen LogP contribution in [0.2, 0.25) is 0 Å². The van der Waals surface area contributed by atoms with Crippen molar-refractivity contribution in [3.05, 3.63) is 200 Å². The molecule has 0 fully saturated rings. The fourth-order valence-corrected chi connectivity index (χ4v) is 8.33. The smallest absolute Gasteiger partial charge is 0.0554 e. The molecule has 1 aliphatic rings. The predicted octanol–water partition coefficient (Wildman–Crippen LogP) is 15.2. The Bertz CT molecular complexity index is 2470. The number of hydrogen-bond acceptors (Lipinski definition) is 2. The quantitative estimate of drug-likeness (QED) is 0.161. The van der Waals surface area contributed by atoms with Crippen LogP contribution in [0, 0.1) is 0 Å². The van der Waals surface area contributed by atoms with Gasteiger partial charge >= 0.3 is 0 Å². The van der Waals surface area contributed by atoms with Crippen LogP contribution >= 0.6 is 11.3 Å². The molecule has 1 heterocycles. The Labute approximate surface area is 311 Å². The molecule has 0 spiro atoms. The number of para-hydroxylation sites is 1. The van der Waals surface area contributed by atoms with Gasteiger partial charge in [-0.3, -0.25) is 0 Å². The van der Waals surface area contributed by atoms with Gasteiger partial charge in [0.1, 0.15) is 0 Å². The zero-order chi connectivity index (χ0) is 35.3. The topological polar surface area (TPSA) is 3.24 Å². The highest BCUT2D eigenvalue weighted by Gasteiger charge is 2.20. The summed E-state index contributed by atoms with van der Waals surface area (Å²) in [6.07, 6.45) is 9.92. The lowest BCUT2D eigenvalue weighted by atomic mass is 9.90. The molecule has 0 amide bonds. The Balaban J connectivity index is 0.00000190. The van der Waals surface area contributed by atoms with Gasteiger partial charge in [0.15, 0.2) is 0 Å². The van der Waals surface area contributed by atoms with E-state index in [1.54, 1.807) is 0 Å². The van der Waals surface area contributed by atoms with Gasteiger partial charge in [0.2, 0.25) is 0 Å². The molecule has 1 unspecified atom stereocenters. The molecular formula is C50H41NS. The third-order valence-electron chi connectivity index (χ3n) is 9.83. The van der Waals surface area contributed by atoms with E-state index in [0.717, 1.165) is 17.8 Å². The third-order valence-corrected chi connectivity index (χ3v) is 11.0. The zero-order valence-corrected chi connectivity index (χ0v) is 30.4. The maximum atomic E-state index is 2.42. The summed E-state index contributed by atoms with van der Waals surface area (Å²) in [7, 11) is 0. The lowest BCUT2D eigenvalue weighted by molar-refractivity contribution is 0.854. The first-order valence-electron chi connectivity index (χ1n) is 18.3. The van der Waals surface area contributed by atoms with Crippen LogP contribution in [-0.4, -0.2) is 0 Å². The van der Waals surface area contributed by atoms with Gasteiger partial charge in [-0.25, -0.2) is 0 Å². The molecular weight excluding hydrogens is 647 g/mol. The van der Waals surface area contributed by atoms with Gasteiger partial charge in [-0.15, -0.1) is 11.3 Å². The number of hydrogen-bond donors (Lipinski definition) is 0. The molecule has 8 aromatic rings. The zero-order valence-electron chi connectivity index (χ0n) is 29.6. The van der Waals surface area contributed by atoms with Crippen LogP contribution in [-0.2, 0) is 0 Å². The van der Waals surface area contributed by atoms with E-state index < -0.39 is 0 Å². The van der Waals surface area contributed by atoms with Crippen molar-refractivity contribution >= 4 is 48.6 Å². The molecule has 1 nitrogen and oxygen atoms in total. The molecule has 1 aliphatic carbocycles. The van der Waals surface area contributed by atoms with E-state index in [1.165, 1.54) is 64.8 Å². The maximum Gasteiger partial charge on any atom is 0.0554 e. The molecule has 2 heteroatoms. The lowest BCUT2D eigenvalue weighted by Crippen LogP contribution is -2.11. The minimum atomic E-state index is 0.422. The van der Waals surface area contributed by atoms with Crippen molar-refractivity contribution in [1.82, 2.24) is 0 Å². The van der Waals surface area contributed by atoms with Crippen molar-refractivity contribution in [3.8, 4) is 33.4 Å². The number of thiophene rings is 1. The van der Waals surface area contributed by atoms with Crippen LogP contribution in [0.15, 0.2) is 194 Å². The number of nitrogens with zero attached hydrogens (tertiary/aromatic N) is 1. The minimum absolute atomic E-state index is 0.422. The predicted molar refractivity (Wildman–Crippen MR) is 227 cm³/mol. The van der Waals surface area contributed by atoms with E-state index in [-0.39, 0.29) is 0 Å². The largest absolute Gasteiger partial charge is 0.310 e. The van der Waals surface area contributed by atoms with Crippen molar-refractivity contribution in [2.75, 3.05) is 4.90 Å². The fourth-order valence-electron chi connectivity index (χ4n) is 7.21. The number of fused-ring (bicyclic) bond motifs is 3. The number of allylic oxidation sites excluding steroid dienone is 4. The van der Waals surface area contributed by atoms with E-state index in [0.29, 0.717) is 5.92 Å². The second-order valence-corrected chi connectivity index (χ2v) is 14.0. The minimum Gasteiger partial charge on any atom is -0.310 e. The molecule has 52 heavy (non-hydrogen) atoms. The summed E-state index contributed by atoms with van der Waals surface area (Å²) in [5.74, 6) is 0.422. The molecule has 9 rings (SSSR count). The summed E-state index contributed by atoms with van der Waals surface area (Å²) < 4.78 is 2.60. The first-order chi connectivity index (χ1) is 25.8. The molecule has 0 N–H and O–H groups in total. The van der Waals surface area contributed by atoms with Gasteiger partial charge < -0.3 is 4.90 Å². The number of benzene rings is 7. The summed E-state index contributed by atoms with van der Waals surface area (Å²) in [6, 6.07) is 62.1. The van der Waals surface area contributed by atoms with E-state index in [9.17, 15) is 0 Å². The van der Waals surface area contributed by atoms with Gasteiger partial charge in [0.05, 0.1) is 5.69 Å². The third kappa shape index (κ3) is 6.62. The second-order valence-electron chi connectivity index (χ2n) is 12.9. The molecule has 1 aromatic heterocycles. The van der Waals surface area contributed by atoms with Gasteiger partial charge in [-0.2, -0.15) is 0 Å². The van der Waals surface area contributed by atoms with Gasteiger partial charge in [-0.1, -0.05) is 166 Å². The Morgan fingerprint density at radius 3 is 1.69 bits per heavy atom. The molecule has 7 aromatic carbocycles. The Kier molecular flexibility index (Phi) is 9.65. The SMILES string of the molecule is C1=CCC(c2ccc(-c3cc4c(cc3N(c3ccccc3)c3ccc(-c5ccc(-c6ccccc6)cc5)cc3)sc3ccccc34)cc2)C=C1.CC. The van der Waals surface area contributed by atoms with Crippen LogP contribution < -0.4 is 4.90 Å². The summed E-state index contributed by atoms with van der Waals surface area (Å²) in [5, 5.41) is 2.61. The maximum absolute atomic E-state index is 2.42. The van der Waals surface area contributed by atoms with Crippen molar-refractivity contribution < 1.29 is 0 Å². The molecule has 0 bridgehead atoms. The first-order valence-corrected chi connectivity index (χ1v) is 19.1. The van der Waals surface area contributed by atoms with Crippen molar-refractivity contribution in [2.45, 2.75) is 26.2 Å². The number of rotatable bonds is 7. The van der Waals surface area contributed by atoms with Crippen molar-refractivity contribution in [2.24, 2.45) is 0 Å². The molecule has 0 aliphatic heterocycles. The molecule has 252 valence electrons. The Morgan fingerprint density at radius 1 is 0.481 bits per heavy atom. The Morgan fingerprint density at radius 2 is 1.04 bits per heavy atom. The van der Waals surface area contributed by atoms with Crippen LogP contribution in [0.3, 0.4) is 0 Å². The standard InChI is InChI=1S/C48H35NS.C2H6/c1-4-12-34(13-5-1)36-20-22-38(23-21-36)39-28-30-42(31-29-39)49(41-16-8-3-9-17-41)46-33-48-45(43-18-10-11-19-47(43)50-48)32-44(46)40-26-24-37(25-27-40)35-14-6-2-7-15-35;1-2/h1-14,16-33,35H,15H2;1-2H3. The average molecular weight is 688 g/mol. The molecule has 1 atom stereocenters. The van der Waals surface area contributed by atoms with Gasteiger partial charge in [0, 0.05) is 43.0 Å². The summed E-state index contributed by atoms with van der Waals surface area (Å²) in [6.45, 7) is 4.00. The fraction of sp³-hybridized carbons (Fsp3) is 0.0800.